The fraction of sp³-hybridized carbons (Fsp3) is 0.308. The van der Waals surface area contributed by atoms with Gasteiger partial charge in [0.1, 0.15) is 12.1 Å². The van der Waals surface area contributed by atoms with Crippen molar-refractivity contribution in [1.29, 1.82) is 5.26 Å². The van der Waals surface area contributed by atoms with Crippen LogP contribution in [0.25, 0.3) is 0 Å². The maximum atomic E-state index is 11.8. The van der Waals surface area contributed by atoms with Crippen LogP contribution in [0.4, 0.5) is 5.69 Å². The smallest absolute Gasteiger partial charge is 0.321 e. The average Bonchev–Trinajstić information content (AvgIpc) is 2.43. The van der Waals surface area contributed by atoms with Gasteiger partial charge in [-0.3, -0.25) is 9.59 Å². The highest BCUT2D eigenvalue weighted by Crippen LogP contribution is 2.13. The number of para-hydroxylation sites is 1. The molecule has 0 aliphatic heterocycles. The van der Waals surface area contributed by atoms with Crippen LogP contribution in [0.2, 0.25) is 0 Å². The number of nitrogens with two attached hydrogens (primary N) is 1. The van der Waals surface area contributed by atoms with Crippen molar-refractivity contribution < 1.29 is 14.7 Å². The summed E-state index contributed by atoms with van der Waals surface area (Å²) in [5.41, 5.74) is 5.96. The quantitative estimate of drug-likeness (QED) is 0.550. The number of rotatable bonds is 7. The van der Waals surface area contributed by atoms with Gasteiger partial charge in [-0.15, -0.1) is 0 Å². The van der Waals surface area contributed by atoms with Crippen LogP contribution in [-0.4, -0.2) is 36.1 Å². The van der Waals surface area contributed by atoms with Crippen LogP contribution in [-0.2, 0) is 9.59 Å². The van der Waals surface area contributed by atoms with Crippen molar-refractivity contribution in [3.63, 3.8) is 0 Å². The Morgan fingerprint density at radius 2 is 2.10 bits per heavy atom. The highest BCUT2D eigenvalue weighted by atomic mass is 16.4. The molecule has 0 unspecified atom stereocenters. The second-order valence-electron chi connectivity index (χ2n) is 4.04. The number of hydrogen-bond acceptors (Lipinski definition) is 5. The van der Waals surface area contributed by atoms with Crippen LogP contribution >= 0.6 is 0 Å². The van der Waals surface area contributed by atoms with Crippen molar-refractivity contribution in [2.24, 2.45) is 5.73 Å². The summed E-state index contributed by atoms with van der Waals surface area (Å²) in [7, 11) is 0. The standard InChI is InChI=1S/C13H16N4O3/c14-5-6-16-11(13(19)20)7-12(18)17-10-4-2-1-3-9(10)8-15/h1-4,11,16H,5-7,14H2,(H,17,18)(H,19,20)/t11-/m0/s1. The molecule has 0 bridgehead atoms. The van der Waals surface area contributed by atoms with E-state index in [1.807, 2.05) is 6.07 Å². The third-order valence-corrected chi connectivity index (χ3v) is 2.54. The predicted octanol–water partition coefficient (Wildman–Crippen LogP) is -0.112. The van der Waals surface area contributed by atoms with E-state index >= 15 is 0 Å². The largest absolute Gasteiger partial charge is 0.480 e. The molecule has 7 heteroatoms. The molecule has 0 fully saturated rings. The molecule has 0 radical (unpaired) electrons. The molecule has 1 aromatic rings. The highest BCUT2D eigenvalue weighted by molar-refractivity contribution is 5.95. The van der Waals surface area contributed by atoms with Gasteiger partial charge in [0.15, 0.2) is 0 Å². The number of amides is 1. The first kappa shape index (κ1) is 15.6. The molecule has 0 aromatic heterocycles. The average molecular weight is 276 g/mol. The van der Waals surface area contributed by atoms with Gasteiger partial charge in [-0.05, 0) is 12.1 Å². The Morgan fingerprint density at radius 1 is 1.40 bits per heavy atom. The second-order valence-corrected chi connectivity index (χ2v) is 4.04. The Hall–Kier alpha value is -2.43. The van der Waals surface area contributed by atoms with Crippen molar-refractivity contribution in [3.05, 3.63) is 29.8 Å². The molecule has 0 saturated heterocycles. The van der Waals surface area contributed by atoms with E-state index in [4.69, 9.17) is 16.1 Å². The lowest BCUT2D eigenvalue weighted by Crippen LogP contribution is -2.41. The topological polar surface area (TPSA) is 128 Å². The number of carbonyl (C=O) groups excluding carboxylic acids is 1. The number of aliphatic carboxylic acids is 1. The molecule has 0 spiro atoms. The van der Waals surface area contributed by atoms with Gasteiger partial charge in [0.2, 0.25) is 5.91 Å². The van der Waals surface area contributed by atoms with Gasteiger partial charge in [-0.1, -0.05) is 12.1 Å². The number of anilines is 1. The number of carbonyl (C=O) groups is 2. The maximum Gasteiger partial charge on any atom is 0.321 e. The summed E-state index contributed by atoms with van der Waals surface area (Å²) in [6.45, 7) is 0.585. The Balaban J connectivity index is 2.66. The minimum Gasteiger partial charge on any atom is -0.480 e. The lowest BCUT2D eigenvalue weighted by Gasteiger charge is -2.14. The summed E-state index contributed by atoms with van der Waals surface area (Å²) in [5.74, 6) is -1.60. The van der Waals surface area contributed by atoms with E-state index in [1.165, 1.54) is 0 Å². The van der Waals surface area contributed by atoms with Crippen LogP contribution < -0.4 is 16.4 Å². The van der Waals surface area contributed by atoms with Gasteiger partial charge in [0.25, 0.3) is 0 Å². The number of benzene rings is 1. The minimum absolute atomic E-state index is 0.241. The van der Waals surface area contributed by atoms with Gasteiger partial charge >= 0.3 is 5.97 Å². The van der Waals surface area contributed by atoms with Crippen molar-refractivity contribution >= 4 is 17.6 Å². The Kier molecular flexibility index (Phi) is 6.16. The Bertz CT molecular complexity index is 525. The molecule has 0 heterocycles. The SMILES string of the molecule is N#Cc1ccccc1NC(=O)C[C@H](NCCN)C(=O)O. The van der Waals surface area contributed by atoms with E-state index in [0.29, 0.717) is 17.8 Å². The zero-order chi connectivity index (χ0) is 15.0. The van der Waals surface area contributed by atoms with Crippen LogP contribution in [0.15, 0.2) is 24.3 Å². The molecule has 0 saturated carbocycles. The molecule has 0 aliphatic carbocycles. The van der Waals surface area contributed by atoms with Gasteiger partial charge in [0, 0.05) is 13.1 Å². The molecular weight excluding hydrogens is 260 g/mol. The molecule has 1 amide bonds. The normalized spacial score (nSPS) is 11.4. The fourth-order valence-electron chi connectivity index (χ4n) is 1.58. The van der Waals surface area contributed by atoms with Gasteiger partial charge < -0.3 is 21.5 Å². The van der Waals surface area contributed by atoms with Crippen LogP contribution in [0, 0.1) is 11.3 Å². The Morgan fingerprint density at radius 3 is 2.70 bits per heavy atom. The number of carboxylic acids is 1. The van der Waals surface area contributed by atoms with Gasteiger partial charge in [-0.25, -0.2) is 0 Å². The van der Waals surface area contributed by atoms with E-state index in [-0.39, 0.29) is 13.0 Å². The lowest BCUT2D eigenvalue weighted by molar-refractivity contribution is -0.141. The molecular formula is C13H16N4O3. The monoisotopic (exact) mass is 276 g/mol. The molecule has 106 valence electrons. The summed E-state index contributed by atoms with van der Waals surface area (Å²) in [6.07, 6.45) is -0.241. The fourth-order valence-corrected chi connectivity index (χ4v) is 1.58. The summed E-state index contributed by atoms with van der Waals surface area (Å²) >= 11 is 0. The van der Waals surface area contributed by atoms with Gasteiger partial charge in [-0.2, -0.15) is 5.26 Å². The first-order valence-electron chi connectivity index (χ1n) is 6.03. The van der Waals surface area contributed by atoms with Crippen molar-refractivity contribution in [1.82, 2.24) is 5.32 Å². The number of nitriles is 1. The number of carboxylic acid groups (broad SMARTS) is 1. The van der Waals surface area contributed by atoms with Crippen molar-refractivity contribution in [2.75, 3.05) is 18.4 Å². The molecule has 5 N–H and O–H groups in total. The number of nitrogens with one attached hydrogen (secondary N) is 2. The molecule has 1 rings (SSSR count). The number of hydrogen-bond donors (Lipinski definition) is 4. The molecule has 0 aliphatic rings. The van der Waals surface area contributed by atoms with Crippen molar-refractivity contribution in [2.45, 2.75) is 12.5 Å². The van der Waals surface area contributed by atoms with E-state index in [0.717, 1.165) is 0 Å². The van der Waals surface area contributed by atoms with E-state index in [1.54, 1.807) is 24.3 Å². The summed E-state index contributed by atoms with van der Waals surface area (Å²) < 4.78 is 0. The van der Waals surface area contributed by atoms with E-state index in [2.05, 4.69) is 10.6 Å². The molecule has 20 heavy (non-hydrogen) atoms. The molecule has 1 aromatic carbocycles. The minimum atomic E-state index is -1.12. The zero-order valence-corrected chi connectivity index (χ0v) is 10.8. The summed E-state index contributed by atoms with van der Waals surface area (Å²) in [5, 5.41) is 23.1. The molecule has 7 nitrogen and oxygen atoms in total. The predicted molar refractivity (Wildman–Crippen MR) is 72.9 cm³/mol. The zero-order valence-electron chi connectivity index (χ0n) is 10.8. The molecule has 1 atom stereocenters. The third-order valence-electron chi connectivity index (χ3n) is 2.54. The third kappa shape index (κ3) is 4.68. The first-order valence-corrected chi connectivity index (χ1v) is 6.03. The Labute approximate surface area is 116 Å². The van der Waals surface area contributed by atoms with Crippen LogP contribution in [0.5, 0.6) is 0 Å². The van der Waals surface area contributed by atoms with Crippen molar-refractivity contribution in [3.8, 4) is 6.07 Å². The highest BCUT2D eigenvalue weighted by Gasteiger charge is 2.20. The summed E-state index contributed by atoms with van der Waals surface area (Å²) in [6, 6.07) is 7.45. The summed E-state index contributed by atoms with van der Waals surface area (Å²) in [4.78, 5) is 22.8. The first-order chi connectivity index (χ1) is 9.58. The lowest BCUT2D eigenvalue weighted by atomic mass is 10.1. The van der Waals surface area contributed by atoms with E-state index < -0.39 is 17.9 Å². The van der Waals surface area contributed by atoms with Crippen LogP contribution in [0.3, 0.4) is 0 Å². The second kappa shape index (κ2) is 7.89. The number of nitrogens with zero attached hydrogens (tertiary/aromatic N) is 1. The van der Waals surface area contributed by atoms with Gasteiger partial charge in [0.05, 0.1) is 17.7 Å². The van der Waals surface area contributed by atoms with E-state index in [9.17, 15) is 9.59 Å². The van der Waals surface area contributed by atoms with Crippen LogP contribution in [0.1, 0.15) is 12.0 Å². The maximum absolute atomic E-state index is 11.8.